The van der Waals surface area contributed by atoms with Crippen molar-refractivity contribution in [1.82, 2.24) is 14.9 Å². The number of fused-ring (bicyclic) bond motifs is 1. The number of hydrogen-bond donors (Lipinski definition) is 1. The highest BCUT2D eigenvalue weighted by molar-refractivity contribution is 5.76. The molecule has 0 radical (unpaired) electrons. The smallest absolute Gasteiger partial charge is 0.227 e. The van der Waals surface area contributed by atoms with E-state index in [-0.39, 0.29) is 23.7 Å². The molecule has 0 amide bonds. The SMILES string of the molecule is C=C1C(C)Oc2c(F)cc(-c3nc(Nc4ccc(N5CCC(N(C)C)CC5)c(F)c4)ncc3C3CC3)cc2N1C(C)C. The summed E-state index contributed by atoms with van der Waals surface area (Å²) in [5.41, 5.74) is 4.91. The summed E-state index contributed by atoms with van der Waals surface area (Å²) >= 11 is 0. The van der Waals surface area contributed by atoms with Crippen molar-refractivity contribution < 1.29 is 13.5 Å². The molecule has 2 fully saturated rings. The molecule has 3 heterocycles. The van der Waals surface area contributed by atoms with Crippen molar-refractivity contribution in [2.24, 2.45) is 0 Å². The van der Waals surface area contributed by atoms with Crippen LogP contribution in [0.15, 0.2) is 48.8 Å². The van der Waals surface area contributed by atoms with Gasteiger partial charge in [-0.2, -0.15) is 0 Å². The van der Waals surface area contributed by atoms with Crippen LogP contribution >= 0.6 is 0 Å². The predicted molar refractivity (Wildman–Crippen MR) is 165 cm³/mol. The van der Waals surface area contributed by atoms with Crippen LogP contribution in [0.3, 0.4) is 0 Å². The Balaban J connectivity index is 1.29. The van der Waals surface area contributed by atoms with Crippen LogP contribution in [-0.2, 0) is 0 Å². The average molecular weight is 575 g/mol. The van der Waals surface area contributed by atoms with Crippen molar-refractivity contribution in [3.63, 3.8) is 0 Å². The molecular formula is C33H40F2N6O. The van der Waals surface area contributed by atoms with Gasteiger partial charge in [0.05, 0.1) is 22.8 Å². The van der Waals surface area contributed by atoms with Gasteiger partial charge in [-0.3, -0.25) is 0 Å². The van der Waals surface area contributed by atoms with Crippen molar-refractivity contribution in [1.29, 1.82) is 0 Å². The van der Waals surface area contributed by atoms with Crippen LogP contribution in [-0.4, -0.2) is 60.2 Å². The van der Waals surface area contributed by atoms with Gasteiger partial charge < -0.3 is 24.8 Å². The van der Waals surface area contributed by atoms with E-state index in [4.69, 9.17) is 9.72 Å². The van der Waals surface area contributed by atoms with Gasteiger partial charge >= 0.3 is 0 Å². The molecule has 1 saturated heterocycles. The van der Waals surface area contributed by atoms with Gasteiger partial charge in [0.1, 0.15) is 11.9 Å². The van der Waals surface area contributed by atoms with Gasteiger partial charge in [0.25, 0.3) is 0 Å². The zero-order valence-corrected chi connectivity index (χ0v) is 25.1. The van der Waals surface area contributed by atoms with E-state index in [9.17, 15) is 0 Å². The van der Waals surface area contributed by atoms with E-state index in [1.165, 1.54) is 12.1 Å². The fraction of sp³-hybridized carbons (Fsp3) is 0.455. The molecule has 6 rings (SSSR count). The zero-order chi connectivity index (χ0) is 29.7. The van der Waals surface area contributed by atoms with E-state index in [1.807, 2.05) is 36.2 Å². The molecule has 1 aromatic heterocycles. The highest BCUT2D eigenvalue weighted by Crippen LogP contribution is 2.47. The quantitative estimate of drug-likeness (QED) is 0.324. The third-order valence-corrected chi connectivity index (χ3v) is 8.72. The van der Waals surface area contributed by atoms with E-state index in [1.54, 1.807) is 0 Å². The Labute approximate surface area is 247 Å². The van der Waals surface area contributed by atoms with Crippen LogP contribution in [0.25, 0.3) is 11.3 Å². The number of hydrogen-bond acceptors (Lipinski definition) is 7. The van der Waals surface area contributed by atoms with Gasteiger partial charge in [0.15, 0.2) is 11.6 Å². The van der Waals surface area contributed by atoms with E-state index in [0.717, 1.165) is 50.0 Å². The molecule has 0 bridgehead atoms. The van der Waals surface area contributed by atoms with Crippen LogP contribution in [0, 0.1) is 11.6 Å². The third-order valence-electron chi connectivity index (χ3n) is 8.72. The van der Waals surface area contributed by atoms with Crippen molar-refractivity contribution in [2.45, 2.75) is 70.6 Å². The molecule has 3 aliphatic rings. The highest BCUT2D eigenvalue weighted by Gasteiger charge is 2.33. The molecule has 1 N–H and O–H groups in total. The number of halogens is 2. The molecule has 2 aliphatic heterocycles. The number of benzene rings is 2. The minimum Gasteiger partial charge on any atom is -0.479 e. The molecule has 1 aliphatic carbocycles. The number of nitrogens with one attached hydrogen (secondary N) is 1. The second-order valence-electron chi connectivity index (χ2n) is 12.3. The summed E-state index contributed by atoms with van der Waals surface area (Å²) in [6.45, 7) is 11.8. The number of aromatic nitrogens is 2. The number of piperidine rings is 1. The summed E-state index contributed by atoms with van der Waals surface area (Å²) in [6.07, 6.45) is 5.60. The van der Waals surface area contributed by atoms with Crippen LogP contribution in [0.2, 0.25) is 0 Å². The first kappa shape index (κ1) is 28.4. The van der Waals surface area contributed by atoms with Gasteiger partial charge in [-0.1, -0.05) is 6.58 Å². The monoisotopic (exact) mass is 574 g/mol. The van der Waals surface area contributed by atoms with E-state index >= 15 is 8.78 Å². The second kappa shape index (κ2) is 11.2. The van der Waals surface area contributed by atoms with Gasteiger partial charge in [-0.05, 0) is 96.8 Å². The zero-order valence-electron chi connectivity index (χ0n) is 25.1. The van der Waals surface area contributed by atoms with E-state index in [0.29, 0.717) is 46.2 Å². The van der Waals surface area contributed by atoms with Gasteiger partial charge in [0.2, 0.25) is 5.95 Å². The topological polar surface area (TPSA) is 56.8 Å². The molecule has 1 saturated carbocycles. The first-order valence-corrected chi connectivity index (χ1v) is 14.9. The summed E-state index contributed by atoms with van der Waals surface area (Å²) in [6, 6.07) is 9.19. The average Bonchev–Trinajstić information content (AvgIpc) is 3.80. The Kier molecular flexibility index (Phi) is 7.55. The lowest BCUT2D eigenvalue weighted by molar-refractivity contribution is 0.229. The largest absolute Gasteiger partial charge is 0.479 e. The normalized spacial score (nSPS) is 19.4. The lowest BCUT2D eigenvalue weighted by Gasteiger charge is -2.39. The van der Waals surface area contributed by atoms with Crippen molar-refractivity contribution in [3.8, 4) is 17.0 Å². The molecule has 9 heteroatoms. The Morgan fingerprint density at radius 3 is 2.40 bits per heavy atom. The lowest BCUT2D eigenvalue weighted by Crippen LogP contribution is -2.42. The van der Waals surface area contributed by atoms with Crippen LogP contribution < -0.4 is 19.9 Å². The first-order valence-electron chi connectivity index (χ1n) is 14.9. The minimum atomic E-state index is -0.436. The summed E-state index contributed by atoms with van der Waals surface area (Å²) in [5.74, 6) is 0.192. The van der Waals surface area contributed by atoms with Gasteiger partial charge in [-0.15, -0.1) is 0 Å². The number of nitrogens with zero attached hydrogens (tertiary/aromatic N) is 5. The molecular weight excluding hydrogens is 534 g/mol. The maximum absolute atomic E-state index is 15.6. The molecule has 7 nitrogen and oxygen atoms in total. The van der Waals surface area contributed by atoms with Crippen LogP contribution in [0.1, 0.15) is 57.9 Å². The molecule has 222 valence electrons. The Hall–Kier alpha value is -3.72. The summed E-state index contributed by atoms with van der Waals surface area (Å²) < 4.78 is 36.8. The number of ether oxygens (including phenoxy) is 1. The number of rotatable bonds is 7. The highest BCUT2D eigenvalue weighted by atomic mass is 19.1. The molecule has 3 aromatic rings. The summed E-state index contributed by atoms with van der Waals surface area (Å²) in [4.78, 5) is 15.8. The van der Waals surface area contributed by atoms with Crippen molar-refractivity contribution in [3.05, 3.63) is 66.0 Å². The number of anilines is 4. The fourth-order valence-corrected chi connectivity index (χ4v) is 6.19. The maximum atomic E-state index is 15.6. The molecule has 1 atom stereocenters. The van der Waals surface area contributed by atoms with E-state index < -0.39 is 5.82 Å². The molecule has 42 heavy (non-hydrogen) atoms. The van der Waals surface area contributed by atoms with Crippen molar-refractivity contribution in [2.75, 3.05) is 42.3 Å². The lowest BCUT2D eigenvalue weighted by atomic mass is 10.0. The maximum Gasteiger partial charge on any atom is 0.227 e. The summed E-state index contributed by atoms with van der Waals surface area (Å²) in [7, 11) is 4.20. The van der Waals surface area contributed by atoms with Gasteiger partial charge in [0, 0.05) is 48.2 Å². The molecule has 1 unspecified atom stereocenters. The van der Waals surface area contributed by atoms with Crippen LogP contribution in [0.5, 0.6) is 5.75 Å². The minimum absolute atomic E-state index is 0.0694. The Bertz CT molecular complexity index is 1500. The van der Waals surface area contributed by atoms with Crippen LogP contribution in [0.4, 0.5) is 31.8 Å². The first-order chi connectivity index (χ1) is 20.1. The fourth-order valence-electron chi connectivity index (χ4n) is 6.19. The second-order valence-corrected chi connectivity index (χ2v) is 12.3. The standard InChI is InChI=1S/C33H40F2N6O/c1-19(2)41-20(3)21(4)42-32-28(35)15-23(16-30(32)41)31-26(22-7-8-22)18-36-33(38-31)37-24-9-10-29(27(34)17-24)40-13-11-25(12-14-40)39(5)6/h9-10,15-19,21-22,25H,3,7-8,11-14H2,1-2,4-6H3,(H,36,37,38). The van der Waals surface area contributed by atoms with Crippen molar-refractivity contribution >= 4 is 23.0 Å². The van der Waals surface area contributed by atoms with E-state index in [2.05, 4.69) is 54.6 Å². The Morgan fingerprint density at radius 1 is 1.02 bits per heavy atom. The third kappa shape index (κ3) is 5.42. The predicted octanol–water partition coefficient (Wildman–Crippen LogP) is 7.08. The summed E-state index contributed by atoms with van der Waals surface area (Å²) in [5, 5.41) is 3.18. The Morgan fingerprint density at radius 2 is 1.76 bits per heavy atom. The molecule has 0 spiro atoms. The van der Waals surface area contributed by atoms with Gasteiger partial charge in [-0.25, -0.2) is 18.7 Å². The molecule has 2 aromatic carbocycles.